The maximum absolute atomic E-state index is 11.7. The second-order valence-electron chi connectivity index (χ2n) is 7.09. The molecular formula is C21H26N2O5. The second-order valence-corrected chi connectivity index (χ2v) is 7.09. The van der Waals surface area contributed by atoms with Crippen LogP contribution in [0.25, 0.3) is 11.1 Å². The van der Waals surface area contributed by atoms with Crippen molar-refractivity contribution in [3.8, 4) is 22.6 Å². The Morgan fingerprint density at radius 2 is 1.82 bits per heavy atom. The van der Waals surface area contributed by atoms with Crippen LogP contribution in [-0.4, -0.2) is 37.9 Å². The van der Waals surface area contributed by atoms with Crippen LogP contribution in [0.5, 0.6) is 11.5 Å². The van der Waals surface area contributed by atoms with Gasteiger partial charge in [0.25, 0.3) is 0 Å². The predicted molar refractivity (Wildman–Crippen MR) is 107 cm³/mol. The smallest absolute Gasteiger partial charge is 0.407 e. The molecule has 0 unspecified atom stereocenters. The molecule has 0 saturated heterocycles. The minimum atomic E-state index is -0.565. The minimum Gasteiger partial charge on any atom is -0.496 e. The Morgan fingerprint density at radius 1 is 1.11 bits per heavy atom. The molecule has 0 atom stereocenters. The SMILES string of the molecule is COc1ccccc1-c1cc(OCCNC(=O)OC(C)(C)C)cc(C(N)=O)c1. The van der Waals surface area contributed by atoms with Crippen molar-refractivity contribution < 1.29 is 23.8 Å². The zero-order valence-electron chi connectivity index (χ0n) is 16.6. The molecule has 7 nitrogen and oxygen atoms in total. The number of amides is 2. The van der Waals surface area contributed by atoms with Gasteiger partial charge in [0, 0.05) is 11.1 Å². The van der Waals surface area contributed by atoms with E-state index in [1.807, 2.05) is 24.3 Å². The van der Waals surface area contributed by atoms with Gasteiger partial charge in [-0.05, 0) is 50.6 Å². The molecule has 0 bridgehead atoms. The highest BCUT2D eigenvalue weighted by Gasteiger charge is 2.16. The molecule has 0 aromatic heterocycles. The van der Waals surface area contributed by atoms with Crippen molar-refractivity contribution in [2.75, 3.05) is 20.3 Å². The molecule has 2 amide bonds. The number of para-hydroxylation sites is 1. The average molecular weight is 386 g/mol. The molecule has 0 aliphatic rings. The third-order valence-corrected chi connectivity index (χ3v) is 3.65. The molecule has 0 aliphatic heterocycles. The summed E-state index contributed by atoms with van der Waals surface area (Å²) < 4.78 is 16.2. The highest BCUT2D eigenvalue weighted by Crippen LogP contribution is 2.32. The number of nitrogens with one attached hydrogen (secondary N) is 1. The normalized spacial score (nSPS) is 10.9. The summed E-state index contributed by atoms with van der Waals surface area (Å²) in [6.07, 6.45) is -0.517. The monoisotopic (exact) mass is 386 g/mol. The fourth-order valence-electron chi connectivity index (χ4n) is 2.50. The van der Waals surface area contributed by atoms with E-state index < -0.39 is 17.6 Å². The van der Waals surface area contributed by atoms with Crippen molar-refractivity contribution in [2.45, 2.75) is 26.4 Å². The number of carbonyl (C=O) groups excluding carboxylic acids is 2. The summed E-state index contributed by atoms with van der Waals surface area (Å²) in [5.74, 6) is 0.568. The Morgan fingerprint density at radius 3 is 2.46 bits per heavy atom. The molecule has 7 heteroatoms. The van der Waals surface area contributed by atoms with Gasteiger partial charge in [-0.25, -0.2) is 4.79 Å². The van der Waals surface area contributed by atoms with E-state index in [2.05, 4.69) is 5.32 Å². The van der Waals surface area contributed by atoms with Crippen molar-refractivity contribution in [3.05, 3.63) is 48.0 Å². The fraction of sp³-hybridized carbons (Fsp3) is 0.333. The van der Waals surface area contributed by atoms with Gasteiger partial charge >= 0.3 is 6.09 Å². The van der Waals surface area contributed by atoms with Gasteiger partial charge in [-0.3, -0.25) is 4.79 Å². The summed E-state index contributed by atoms with van der Waals surface area (Å²) >= 11 is 0. The molecule has 0 aliphatic carbocycles. The first-order valence-corrected chi connectivity index (χ1v) is 8.87. The Labute approximate surface area is 164 Å². The number of ether oxygens (including phenoxy) is 3. The molecule has 0 fully saturated rings. The van der Waals surface area contributed by atoms with Crippen molar-refractivity contribution in [1.82, 2.24) is 5.32 Å². The van der Waals surface area contributed by atoms with Gasteiger partial charge in [0.1, 0.15) is 23.7 Å². The number of alkyl carbamates (subject to hydrolysis) is 1. The second kappa shape index (κ2) is 9.12. The molecule has 0 radical (unpaired) electrons. The quantitative estimate of drug-likeness (QED) is 0.711. The number of rotatable bonds is 7. The van der Waals surface area contributed by atoms with E-state index >= 15 is 0 Å². The van der Waals surface area contributed by atoms with Gasteiger partial charge in [-0.2, -0.15) is 0 Å². The Kier molecular flexibility index (Phi) is 6.87. The predicted octanol–water partition coefficient (Wildman–Crippen LogP) is 3.36. The minimum absolute atomic E-state index is 0.201. The number of hydrogen-bond acceptors (Lipinski definition) is 5. The molecule has 3 N–H and O–H groups in total. The number of benzene rings is 2. The number of hydrogen-bond donors (Lipinski definition) is 2. The van der Waals surface area contributed by atoms with Crippen LogP contribution in [0, 0.1) is 0 Å². The molecule has 150 valence electrons. The van der Waals surface area contributed by atoms with E-state index in [0.29, 0.717) is 17.1 Å². The molecule has 0 spiro atoms. The van der Waals surface area contributed by atoms with Gasteiger partial charge in [-0.15, -0.1) is 0 Å². The summed E-state index contributed by atoms with van der Waals surface area (Å²) in [6, 6.07) is 12.5. The van der Waals surface area contributed by atoms with Crippen molar-refractivity contribution >= 4 is 12.0 Å². The standard InChI is InChI=1S/C21H26N2O5/c1-21(2,3)28-20(25)23-9-10-27-16-12-14(11-15(13-16)19(22)24)17-7-5-6-8-18(17)26-4/h5-8,11-13H,9-10H2,1-4H3,(H2,22,24)(H,23,25). The molecular weight excluding hydrogens is 360 g/mol. The topological polar surface area (TPSA) is 99.9 Å². The average Bonchev–Trinajstić information content (AvgIpc) is 2.63. The van der Waals surface area contributed by atoms with E-state index in [0.717, 1.165) is 11.1 Å². The largest absolute Gasteiger partial charge is 0.496 e. The molecule has 0 heterocycles. The molecule has 28 heavy (non-hydrogen) atoms. The summed E-state index contributed by atoms with van der Waals surface area (Å²) in [7, 11) is 1.58. The molecule has 2 aromatic carbocycles. The van der Waals surface area contributed by atoms with Crippen LogP contribution in [0.4, 0.5) is 4.79 Å². The maximum Gasteiger partial charge on any atom is 0.407 e. The van der Waals surface area contributed by atoms with Gasteiger partial charge in [0.2, 0.25) is 5.91 Å². The van der Waals surface area contributed by atoms with Crippen LogP contribution in [0.15, 0.2) is 42.5 Å². The highest BCUT2D eigenvalue weighted by molar-refractivity contribution is 5.95. The zero-order chi connectivity index (χ0) is 20.7. The van der Waals surface area contributed by atoms with Crippen LogP contribution in [0.3, 0.4) is 0 Å². The molecule has 2 rings (SSSR count). The zero-order valence-corrected chi connectivity index (χ0v) is 16.6. The molecule has 2 aromatic rings. The number of carbonyl (C=O) groups is 2. The van der Waals surface area contributed by atoms with Crippen LogP contribution >= 0.6 is 0 Å². The Bertz CT molecular complexity index is 843. The van der Waals surface area contributed by atoms with E-state index in [1.165, 1.54) is 0 Å². The summed E-state index contributed by atoms with van der Waals surface area (Å²) in [4.78, 5) is 23.4. The highest BCUT2D eigenvalue weighted by atomic mass is 16.6. The van der Waals surface area contributed by atoms with Crippen molar-refractivity contribution in [1.29, 1.82) is 0 Å². The van der Waals surface area contributed by atoms with E-state index in [1.54, 1.807) is 46.1 Å². The number of methoxy groups -OCH3 is 1. The first kappa shape index (κ1) is 21.1. The Hall–Kier alpha value is -3.22. The van der Waals surface area contributed by atoms with Crippen molar-refractivity contribution in [3.63, 3.8) is 0 Å². The van der Waals surface area contributed by atoms with Crippen LogP contribution in [0.2, 0.25) is 0 Å². The third-order valence-electron chi connectivity index (χ3n) is 3.65. The van der Waals surface area contributed by atoms with Crippen LogP contribution < -0.4 is 20.5 Å². The van der Waals surface area contributed by atoms with Gasteiger partial charge in [0.15, 0.2) is 0 Å². The van der Waals surface area contributed by atoms with E-state index in [9.17, 15) is 9.59 Å². The van der Waals surface area contributed by atoms with Crippen molar-refractivity contribution in [2.24, 2.45) is 5.73 Å². The molecule has 0 saturated carbocycles. The van der Waals surface area contributed by atoms with Gasteiger partial charge < -0.3 is 25.3 Å². The lowest BCUT2D eigenvalue weighted by Crippen LogP contribution is -2.34. The third kappa shape index (κ3) is 6.19. The summed E-state index contributed by atoms with van der Waals surface area (Å²) in [5.41, 5.74) is 6.76. The van der Waals surface area contributed by atoms with E-state index in [-0.39, 0.29) is 13.2 Å². The lowest BCUT2D eigenvalue weighted by Gasteiger charge is -2.19. The fourth-order valence-corrected chi connectivity index (χ4v) is 2.50. The first-order valence-electron chi connectivity index (χ1n) is 8.87. The van der Waals surface area contributed by atoms with Gasteiger partial charge in [-0.1, -0.05) is 18.2 Å². The van der Waals surface area contributed by atoms with Gasteiger partial charge in [0.05, 0.1) is 13.7 Å². The van der Waals surface area contributed by atoms with E-state index in [4.69, 9.17) is 19.9 Å². The Balaban J connectivity index is 2.11. The van der Waals surface area contributed by atoms with Crippen LogP contribution in [-0.2, 0) is 4.74 Å². The summed E-state index contributed by atoms with van der Waals surface area (Å²) in [5, 5.41) is 2.61. The maximum atomic E-state index is 11.7. The number of nitrogens with two attached hydrogens (primary N) is 1. The lowest BCUT2D eigenvalue weighted by atomic mass is 10.0. The van der Waals surface area contributed by atoms with Crippen LogP contribution in [0.1, 0.15) is 31.1 Å². The summed E-state index contributed by atoms with van der Waals surface area (Å²) in [6.45, 7) is 5.82. The first-order chi connectivity index (χ1) is 13.2. The lowest BCUT2D eigenvalue weighted by molar-refractivity contribution is 0.0520. The number of primary amides is 1.